The van der Waals surface area contributed by atoms with Crippen LogP contribution in [0.4, 0.5) is 8.78 Å². The van der Waals surface area contributed by atoms with Crippen molar-refractivity contribution in [1.82, 2.24) is 0 Å². The third-order valence-corrected chi connectivity index (χ3v) is 8.23. The summed E-state index contributed by atoms with van der Waals surface area (Å²) in [6.07, 6.45) is 0. The van der Waals surface area contributed by atoms with E-state index in [1.165, 1.54) is 14.7 Å². The van der Waals surface area contributed by atoms with Gasteiger partial charge in [-0.1, -0.05) is 36.4 Å². The predicted molar refractivity (Wildman–Crippen MR) is 157 cm³/mol. The highest BCUT2D eigenvalue weighted by Gasteiger charge is 2.34. The lowest BCUT2D eigenvalue weighted by Gasteiger charge is -2.25. The van der Waals surface area contributed by atoms with Gasteiger partial charge in [0.15, 0.2) is 15.5 Å². The van der Waals surface area contributed by atoms with Crippen molar-refractivity contribution in [2.45, 2.75) is 72.3 Å². The van der Waals surface area contributed by atoms with Crippen molar-refractivity contribution in [3.05, 3.63) is 109 Å². The molecular weight excluding hydrogens is 566 g/mol. The molecule has 0 amide bonds. The van der Waals surface area contributed by atoms with Gasteiger partial charge in [-0.25, -0.2) is 17.2 Å². The van der Waals surface area contributed by atoms with Crippen LogP contribution in [0.1, 0.15) is 41.5 Å². The molecule has 218 valence electrons. The fourth-order valence-electron chi connectivity index (χ4n) is 3.66. The molecule has 0 aliphatic rings. The van der Waals surface area contributed by atoms with Gasteiger partial charge in [0.2, 0.25) is 4.90 Å². The van der Waals surface area contributed by atoms with Crippen molar-refractivity contribution in [2.24, 2.45) is 0 Å². The Labute approximate surface area is 244 Å². The summed E-state index contributed by atoms with van der Waals surface area (Å²) in [4.78, 5) is 2.66. The molecule has 0 aliphatic carbocycles. The summed E-state index contributed by atoms with van der Waals surface area (Å²) in [5.41, 5.74) is -0.571. The largest absolute Gasteiger partial charge is 0.744 e. The van der Waals surface area contributed by atoms with Gasteiger partial charge in [0.1, 0.15) is 49.6 Å². The average Bonchev–Trinajstić information content (AvgIpc) is 2.84. The summed E-state index contributed by atoms with van der Waals surface area (Å²) in [6.45, 7) is 12.4. The maximum atomic E-state index is 12.5. The zero-order chi connectivity index (χ0) is 30.4. The molecule has 0 fully saturated rings. The molecule has 41 heavy (non-hydrogen) atoms. The van der Waals surface area contributed by atoms with Gasteiger partial charge in [0.05, 0.1) is 4.90 Å². The number of hydrogen-bond donors (Lipinski definition) is 0. The van der Waals surface area contributed by atoms with Crippen LogP contribution in [0.25, 0.3) is 0 Å². The first-order valence-corrected chi connectivity index (χ1v) is 15.4. The Bertz CT molecular complexity index is 1510. The smallest absolute Gasteiger partial charge is 0.208 e. The second kappa shape index (κ2) is 13.1. The second-order valence-corrected chi connectivity index (χ2v) is 14.3. The van der Waals surface area contributed by atoms with Gasteiger partial charge in [-0.3, -0.25) is 0 Å². The van der Waals surface area contributed by atoms with Crippen molar-refractivity contribution < 1.29 is 31.2 Å². The molecule has 0 bridgehead atoms. The lowest BCUT2D eigenvalue weighted by Crippen LogP contribution is -2.25. The fourth-order valence-corrected chi connectivity index (χ4v) is 6.34. The third kappa shape index (κ3) is 9.88. The summed E-state index contributed by atoms with van der Waals surface area (Å²) >= 11 is 0. The van der Waals surface area contributed by atoms with Crippen LogP contribution in [-0.4, -0.2) is 24.2 Å². The molecule has 0 N–H and O–H groups in total. The Hall–Kier alpha value is -3.40. The molecular formula is C32H34F2O5S2. The molecule has 0 aliphatic heterocycles. The van der Waals surface area contributed by atoms with E-state index in [1.54, 1.807) is 0 Å². The van der Waals surface area contributed by atoms with E-state index in [9.17, 15) is 21.8 Å². The summed E-state index contributed by atoms with van der Waals surface area (Å²) in [5.74, 6) is -0.606. The third-order valence-electron chi connectivity index (χ3n) is 5.10. The molecule has 0 aromatic heterocycles. The number of rotatable bonds is 6. The minimum atomic E-state index is -4.84. The van der Waals surface area contributed by atoms with Crippen molar-refractivity contribution >= 4 is 21.0 Å². The maximum absolute atomic E-state index is 12.5. The standard InChI is InChI=1S/C26H31O2S.C6H4F2O3S/c1-25(2,3)27-20-17-18-24(23(19-20)28-26(4,5)6)29(21-13-9-7-10-14-21)22-15-11-8-12-16-22;7-4-1-2-6(5(8)3-4)12(9,10)11/h7-19H,1-6H3;1-3H,(H,9,10,11)/q+1;/p-1. The molecule has 0 radical (unpaired) electrons. The summed E-state index contributed by atoms with van der Waals surface area (Å²) in [5, 5.41) is 0. The van der Waals surface area contributed by atoms with Crippen LogP contribution in [0.15, 0.2) is 117 Å². The zero-order valence-corrected chi connectivity index (χ0v) is 25.5. The first-order valence-electron chi connectivity index (χ1n) is 12.8. The van der Waals surface area contributed by atoms with Crippen LogP contribution in [0.3, 0.4) is 0 Å². The predicted octanol–water partition coefficient (Wildman–Crippen LogP) is 8.01. The molecule has 4 rings (SSSR count). The van der Waals surface area contributed by atoms with E-state index in [-0.39, 0.29) is 22.1 Å². The second-order valence-electron chi connectivity index (χ2n) is 11.0. The van der Waals surface area contributed by atoms with Crippen LogP contribution in [0.5, 0.6) is 11.5 Å². The van der Waals surface area contributed by atoms with Gasteiger partial charge in [0.25, 0.3) is 0 Å². The van der Waals surface area contributed by atoms with Crippen LogP contribution >= 0.6 is 0 Å². The van der Waals surface area contributed by atoms with E-state index in [2.05, 4.69) is 114 Å². The van der Waals surface area contributed by atoms with E-state index in [0.717, 1.165) is 11.5 Å². The van der Waals surface area contributed by atoms with E-state index >= 15 is 0 Å². The Morgan fingerprint density at radius 3 is 1.63 bits per heavy atom. The van der Waals surface area contributed by atoms with E-state index < -0.39 is 26.6 Å². The first-order chi connectivity index (χ1) is 19.0. The van der Waals surface area contributed by atoms with Crippen molar-refractivity contribution in [3.8, 4) is 11.5 Å². The van der Waals surface area contributed by atoms with Gasteiger partial charge in [-0.15, -0.1) is 0 Å². The first kappa shape index (κ1) is 32.1. The summed E-state index contributed by atoms with van der Waals surface area (Å²) < 4.78 is 68.0. The van der Waals surface area contributed by atoms with Gasteiger partial charge in [-0.05, 0) is 84.0 Å². The minimum Gasteiger partial charge on any atom is -0.744 e. The van der Waals surface area contributed by atoms with Crippen molar-refractivity contribution in [1.29, 1.82) is 0 Å². The van der Waals surface area contributed by atoms with Crippen molar-refractivity contribution in [2.75, 3.05) is 0 Å². The van der Waals surface area contributed by atoms with Gasteiger partial charge >= 0.3 is 0 Å². The lowest BCUT2D eigenvalue weighted by molar-refractivity contribution is 0.118. The maximum Gasteiger partial charge on any atom is 0.208 e. The quantitative estimate of drug-likeness (QED) is 0.166. The summed E-state index contributed by atoms with van der Waals surface area (Å²) in [7, 11) is -5.11. The van der Waals surface area contributed by atoms with Gasteiger partial charge < -0.3 is 14.0 Å². The van der Waals surface area contributed by atoms with Crippen LogP contribution in [-0.2, 0) is 21.0 Å². The molecule has 4 aromatic rings. The molecule has 0 atom stereocenters. The van der Waals surface area contributed by atoms with E-state index in [4.69, 9.17) is 9.47 Å². The molecule has 4 aromatic carbocycles. The van der Waals surface area contributed by atoms with Crippen molar-refractivity contribution in [3.63, 3.8) is 0 Å². The SMILES string of the molecule is CC(C)(C)Oc1ccc([S+](c2ccccc2)c2ccccc2)c(OC(C)(C)C)c1.O=S(=O)([O-])c1ccc(F)cc1F. The lowest BCUT2D eigenvalue weighted by atomic mass is 10.2. The highest BCUT2D eigenvalue weighted by atomic mass is 32.2. The average molecular weight is 601 g/mol. The molecule has 5 nitrogen and oxygen atoms in total. The topological polar surface area (TPSA) is 75.7 Å². The normalized spacial score (nSPS) is 12.0. The van der Waals surface area contributed by atoms with Gasteiger partial charge in [0, 0.05) is 18.2 Å². The highest BCUT2D eigenvalue weighted by Crippen LogP contribution is 2.40. The zero-order valence-electron chi connectivity index (χ0n) is 23.9. The van der Waals surface area contributed by atoms with Crippen LogP contribution in [0.2, 0.25) is 0 Å². The number of ether oxygens (including phenoxy) is 2. The monoisotopic (exact) mass is 600 g/mol. The molecule has 9 heteroatoms. The molecule has 0 spiro atoms. The Morgan fingerprint density at radius 1 is 0.683 bits per heavy atom. The highest BCUT2D eigenvalue weighted by molar-refractivity contribution is 7.97. The number of halogens is 2. The summed E-state index contributed by atoms with van der Waals surface area (Å²) in [6, 6.07) is 29.2. The molecule has 0 heterocycles. The number of benzene rings is 4. The van der Waals surface area contributed by atoms with Crippen LogP contribution in [0, 0.1) is 11.6 Å². The molecule has 0 saturated carbocycles. The Balaban J connectivity index is 0.000000322. The molecule has 0 saturated heterocycles. The fraction of sp³-hybridized carbons (Fsp3) is 0.250. The Kier molecular flexibility index (Phi) is 10.2. The number of hydrogen-bond acceptors (Lipinski definition) is 5. The Morgan fingerprint density at radius 2 is 1.20 bits per heavy atom. The van der Waals surface area contributed by atoms with Crippen LogP contribution < -0.4 is 9.47 Å². The van der Waals surface area contributed by atoms with Gasteiger partial charge in [-0.2, -0.15) is 0 Å². The molecule has 0 unspecified atom stereocenters. The minimum absolute atomic E-state index is 0.263. The van der Waals surface area contributed by atoms with E-state index in [1.807, 2.05) is 6.07 Å². The van der Waals surface area contributed by atoms with E-state index in [0.29, 0.717) is 18.2 Å².